The molecule has 158 valence electrons. The van der Waals surface area contributed by atoms with Crippen molar-refractivity contribution >= 4 is 35.0 Å². The predicted molar refractivity (Wildman–Crippen MR) is 113 cm³/mol. The topological polar surface area (TPSA) is 104 Å². The van der Waals surface area contributed by atoms with Crippen molar-refractivity contribution in [2.75, 3.05) is 31.1 Å². The first kappa shape index (κ1) is 21.7. The highest BCUT2D eigenvalue weighted by Gasteiger charge is 2.14. The van der Waals surface area contributed by atoms with Crippen LogP contribution in [0.2, 0.25) is 5.02 Å². The molecule has 0 unspecified atom stereocenters. The van der Waals surface area contributed by atoms with Crippen LogP contribution < -0.4 is 20.6 Å². The standard InChI is InChI=1S/C19H19ClFN5O3S/c1-28-15-6-3-11(7-16(15)29-2)8-17-24-25-19(26(17)22)30-10-18(27)23-12-4-5-14(21)13(20)9-12/h3-7,9H,8,10,22H2,1-2H3,(H,23,27). The van der Waals surface area contributed by atoms with Gasteiger partial charge in [-0.3, -0.25) is 4.79 Å². The third kappa shape index (κ3) is 5.14. The Morgan fingerprint density at radius 2 is 1.97 bits per heavy atom. The first-order valence-corrected chi connectivity index (χ1v) is 10.1. The minimum absolute atomic E-state index is 0.0423. The SMILES string of the molecule is COc1ccc(Cc2nnc(SCC(=O)Nc3ccc(F)c(Cl)c3)n2N)cc1OC. The minimum atomic E-state index is -0.553. The first-order valence-electron chi connectivity index (χ1n) is 8.69. The molecule has 1 aromatic heterocycles. The van der Waals surface area contributed by atoms with Crippen molar-refractivity contribution in [2.45, 2.75) is 11.6 Å². The zero-order valence-electron chi connectivity index (χ0n) is 16.2. The van der Waals surface area contributed by atoms with Gasteiger partial charge in [-0.05, 0) is 35.9 Å². The molecule has 8 nitrogen and oxygen atoms in total. The molecule has 2 aromatic carbocycles. The number of nitrogen functional groups attached to an aromatic ring is 1. The normalized spacial score (nSPS) is 10.7. The van der Waals surface area contributed by atoms with Gasteiger partial charge in [0.15, 0.2) is 17.3 Å². The number of nitrogens with two attached hydrogens (primary N) is 1. The van der Waals surface area contributed by atoms with Crippen LogP contribution in [0.3, 0.4) is 0 Å². The molecule has 1 heterocycles. The number of thioether (sulfide) groups is 1. The summed E-state index contributed by atoms with van der Waals surface area (Å²) in [6.45, 7) is 0. The van der Waals surface area contributed by atoms with Crippen LogP contribution in [0, 0.1) is 5.82 Å². The Morgan fingerprint density at radius 1 is 1.20 bits per heavy atom. The maximum atomic E-state index is 13.2. The van der Waals surface area contributed by atoms with Gasteiger partial charge < -0.3 is 20.6 Å². The van der Waals surface area contributed by atoms with Crippen LogP contribution in [-0.2, 0) is 11.2 Å². The molecule has 11 heteroatoms. The van der Waals surface area contributed by atoms with E-state index in [1.165, 1.54) is 22.9 Å². The molecule has 0 aliphatic carbocycles. The molecular formula is C19H19ClFN5O3S. The quantitative estimate of drug-likeness (QED) is 0.400. The van der Waals surface area contributed by atoms with Crippen LogP contribution in [0.25, 0.3) is 0 Å². The van der Waals surface area contributed by atoms with Crippen LogP contribution in [0.1, 0.15) is 11.4 Å². The van der Waals surface area contributed by atoms with Crippen molar-refractivity contribution in [1.29, 1.82) is 0 Å². The molecule has 3 rings (SSSR count). The number of halogens is 2. The molecule has 0 aliphatic rings. The number of anilines is 1. The number of methoxy groups -OCH3 is 2. The van der Waals surface area contributed by atoms with Crippen molar-refractivity contribution in [3.8, 4) is 11.5 Å². The van der Waals surface area contributed by atoms with E-state index in [0.29, 0.717) is 34.6 Å². The maximum Gasteiger partial charge on any atom is 0.234 e. The smallest absolute Gasteiger partial charge is 0.234 e. The van der Waals surface area contributed by atoms with Crippen LogP contribution in [0.4, 0.5) is 10.1 Å². The van der Waals surface area contributed by atoms with Gasteiger partial charge in [-0.2, -0.15) is 0 Å². The Morgan fingerprint density at radius 3 is 2.67 bits per heavy atom. The van der Waals surface area contributed by atoms with Gasteiger partial charge in [0.05, 0.1) is 25.0 Å². The Balaban J connectivity index is 1.61. The Labute approximate surface area is 181 Å². The number of rotatable bonds is 8. The van der Waals surface area contributed by atoms with E-state index >= 15 is 0 Å². The highest BCUT2D eigenvalue weighted by atomic mass is 35.5. The van der Waals surface area contributed by atoms with E-state index in [9.17, 15) is 9.18 Å². The first-order chi connectivity index (χ1) is 14.4. The second kappa shape index (κ2) is 9.68. The van der Waals surface area contributed by atoms with Crippen LogP contribution >= 0.6 is 23.4 Å². The molecule has 0 saturated carbocycles. The van der Waals surface area contributed by atoms with Gasteiger partial charge in [-0.25, -0.2) is 9.07 Å². The van der Waals surface area contributed by atoms with Crippen molar-refractivity contribution in [1.82, 2.24) is 14.9 Å². The van der Waals surface area contributed by atoms with Gasteiger partial charge in [0, 0.05) is 12.1 Å². The number of nitrogens with one attached hydrogen (secondary N) is 1. The summed E-state index contributed by atoms with van der Waals surface area (Å²) in [6, 6.07) is 9.46. The summed E-state index contributed by atoms with van der Waals surface area (Å²) in [4.78, 5) is 12.1. The summed E-state index contributed by atoms with van der Waals surface area (Å²) in [5.41, 5.74) is 1.31. The highest BCUT2D eigenvalue weighted by Crippen LogP contribution is 2.28. The average Bonchev–Trinajstić information content (AvgIpc) is 3.08. The molecule has 0 atom stereocenters. The van der Waals surface area contributed by atoms with Crippen molar-refractivity contribution in [3.05, 3.63) is 58.6 Å². The fourth-order valence-corrected chi connectivity index (χ4v) is 3.46. The van der Waals surface area contributed by atoms with E-state index < -0.39 is 5.82 Å². The molecule has 0 spiro atoms. The van der Waals surface area contributed by atoms with E-state index in [-0.39, 0.29) is 16.7 Å². The number of nitrogens with zero attached hydrogens (tertiary/aromatic N) is 3. The zero-order chi connectivity index (χ0) is 21.7. The Kier molecular flexibility index (Phi) is 7.01. The number of hydrogen-bond acceptors (Lipinski definition) is 7. The van der Waals surface area contributed by atoms with Crippen LogP contribution in [-0.4, -0.2) is 40.8 Å². The summed E-state index contributed by atoms with van der Waals surface area (Å²) in [7, 11) is 3.13. The number of aromatic nitrogens is 3. The monoisotopic (exact) mass is 451 g/mol. The van der Waals surface area contributed by atoms with Gasteiger partial charge in [0.25, 0.3) is 0 Å². The predicted octanol–water partition coefficient (Wildman–Crippen LogP) is 3.12. The number of amides is 1. The van der Waals surface area contributed by atoms with Crippen molar-refractivity contribution in [3.63, 3.8) is 0 Å². The maximum absolute atomic E-state index is 13.2. The zero-order valence-corrected chi connectivity index (χ0v) is 17.8. The largest absolute Gasteiger partial charge is 0.493 e. The average molecular weight is 452 g/mol. The molecular weight excluding hydrogens is 433 g/mol. The van der Waals surface area contributed by atoms with Crippen LogP contribution in [0.15, 0.2) is 41.6 Å². The van der Waals surface area contributed by atoms with Gasteiger partial charge in [0.2, 0.25) is 11.1 Å². The molecule has 3 aromatic rings. The molecule has 0 aliphatic heterocycles. The van der Waals surface area contributed by atoms with Gasteiger partial charge in [0.1, 0.15) is 5.82 Å². The van der Waals surface area contributed by atoms with Gasteiger partial charge in [-0.15, -0.1) is 10.2 Å². The Hall–Kier alpha value is -2.98. The van der Waals surface area contributed by atoms with Crippen molar-refractivity contribution < 1.29 is 18.7 Å². The fraction of sp³-hybridized carbons (Fsp3) is 0.211. The summed E-state index contributed by atoms with van der Waals surface area (Å²) < 4.78 is 25.1. The van der Waals surface area contributed by atoms with E-state index in [1.807, 2.05) is 12.1 Å². The van der Waals surface area contributed by atoms with Gasteiger partial charge >= 0.3 is 0 Å². The molecule has 0 radical (unpaired) electrons. The number of carbonyl (C=O) groups is 1. The fourth-order valence-electron chi connectivity index (χ4n) is 2.60. The number of carbonyl (C=O) groups excluding carboxylic acids is 1. The lowest BCUT2D eigenvalue weighted by Gasteiger charge is -2.09. The van der Waals surface area contributed by atoms with E-state index in [2.05, 4.69) is 15.5 Å². The summed E-state index contributed by atoms with van der Waals surface area (Å²) >= 11 is 6.84. The molecule has 0 bridgehead atoms. The molecule has 30 heavy (non-hydrogen) atoms. The number of ether oxygens (including phenoxy) is 2. The molecule has 1 amide bonds. The summed E-state index contributed by atoms with van der Waals surface area (Å²) in [5, 5.41) is 11.1. The molecule has 3 N–H and O–H groups in total. The van der Waals surface area contributed by atoms with E-state index in [0.717, 1.165) is 17.3 Å². The lowest BCUT2D eigenvalue weighted by Crippen LogP contribution is -2.17. The van der Waals surface area contributed by atoms with Crippen molar-refractivity contribution in [2.24, 2.45) is 0 Å². The number of benzene rings is 2. The summed E-state index contributed by atoms with van der Waals surface area (Å²) in [6.07, 6.45) is 0.421. The minimum Gasteiger partial charge on any atom is -0.493 e. The van der Waals surface area contributed by atoms with Crippen LogP contribution in [0.5, 0.6) is 11.5 Å². The van der Waals surface area contributed by atoms with E-state index in [1.54, 1.807) is 20.3 Å². The van der Waals surface area contributed by atoms with Gasteiger partial charge in [-0.1, -0.05) is 29.4 Å². The third-order valence-electron chi connectivity index (χ3n) is 4.08. The lowest BCUT2D eigenvalue weighted by molar-refractivity contribution is -0.113. The molecule has 0 saturated heterocycles. The Bertz CT molecular complexity index is 1060. The second-order valence-corrected chi connectivity index (χ2v) is 7.45. The van der Waals surface area contributed by atoms with E-state index in [4.69, 9.17) is 26.9 Å². The second-order valence-electron chi connectivity index (χ2n) is 6.10. The highest BCUT2D eigenvalue weighted by molar-refractivity contribution is 7.99. The number of hydrogen-bond donors (Lipinski definition) is 2. The third-order valence-corrected chi connectivity index (χ3v) is 5.31. The summed E-state index contributed by atoms with van der Waals surface area (Å²) in [5.74, 6) is 7.00. The molecule has 0 fully saturated rings. The lowest BCUT2D eigenvalue weighted by atomic mass is 10.1.